The summed E-state index contributed by atoms with van der Waals surface area (Å²) < 4.78 is 11.2. The molecule has 2 atom stereocenters. The second kappa shape index (κ2) is 3.47. The molecule has 1 saturated carbocycles. The van der Waals surface area contributed by atoms with Crippen LogP contribution in [0.3, 0.4) is 0 Å². The number of rotatable bonds is 3. The average molecular weight is 209 g/mol. The van der Waals surface area contributed by atoms with Gasteiger partial charge in [0.05, 0.1) is 19.3 Å². The summed E-state index contributed by atoms with van der Waals surface area (Å²) in [6, 6.07) is 2.27. The lowest BCUT2D eigenvalue weighted by atomic mass is 10.0. The summed E-state index contributed by atoms with van der Waals surface area (Å²) in [5.74, 6) is 0.693. The molecule has 84 valence electrons. The van der Waals surface area contributed by atoms with Crippen LogP contribution in [0.25, 0.3) is 0 Å². The zero-order valence-corrected chi connectivity index (χ0v) is 9.75. The monoisotopic (exact) mass is 209 g/mol. The van der Waals surface area contributed by atoms with Gasteiger partial charge < -0.3 is 9.47 Å². The van der Waals surface area contributed by atoms with Crippen LogP contribution in [0.4, 0.5) is 0 Å². The third kappa shape index (κ3) is 1.89. The van der Waals surface area contributed by atoms with Gasteiger partial charge in [0.25, 0.3) is 0 Å². The molecule has 1 saturated heterocycles. The Morgan fingerprint density at radius 2 is 1.80 bits per heavy atom. The van der Waals surface area contributed by atoms with Gasteiger partial charge in [-0.1, -0.05) is 13.8 Å². The second-order valence-corrected chi connectivity index (χ2v) is 5.43. The Morgan fingerprint density at radius 1 is 1.20 bits per heavy atom. The zero-order valence-electron chi connectivity index (χ0n) is 9.75. The largest absolute Gasteiger partial charge is 0.348 e. The second-order valence-electron chi connectivity index (χ2n) is 5.43. The van der Waals surface area contributed by atoms with Crippen LogP contribution in [0.15, 0.2) is 0 Å². The van der Waals surface area contributed by atoms with Crippen LogP contribution in [0.2, 0.25) is 0 Å². The van der Waals surface area contributed by atoms with E-state index in [2.05, 4.69) is 19.9 Å². The Balaban J connectivity index is 1.94. The Morgan fingerprint density at radius 3 is 2.33 bits per heavy atom. The smallest absolute Gasteiger partial charge is 0.166 e. The predicted octanol–water partition coefficient (Wildman–Crippen LogP) is 2.33. The maximum Gasteiger partial charge on any atom is 0.166 e. The fourth-order valence-electron chi connectivity index (χ4n) is 2.84. The Hall–Kier alpha value is -0.590. The van der Waals surface area contributed by atoms with E-state index in [0.717, 1.165) is 6.42 Å². The van der Waals surface area contributed by atoms with Crippen LogP contribution in [0, 0.1) is 28.6 Å². The molecular weight excluding hydrogens is 190 g/mol. The van der Waals surface area contributed by atoms with Crippen LogP contribution >= 0.6 is 0 Å². The summed E-state index contributed by atoms with van der Waals surface area (Å²) in [5.41, 5.74) is 0.286. The van der Waals surface area contributed by atoms with E-state index in [0.29, 0.717) is 31.5 Å². The summed E-state index contributed by atoms with van der Waals surface area (Å²) >= 11 is 0. The van der Waals surface area contributed by atoms with E-state index in [-0.39, 0.29) is 5.41 Å². The van der Waals surface area contributed by atoms with Crippen LogP contribution in [0.1, 0.15) is 33.6 Å². The van der Waals surface area contributed by atoms with Gasteiger partial charge >= 0.3 is 0 Å². The minimum Gasteiger partial charge on any atom is -0.348 e. The fourth-order valence-corrected chi connectivity index (χ4v) is 2.84. The molecule has 0 N–H and O–H groups in total. The maximum atomic E-state index is 8.74. The lowest BCUT2D eigenvalue weighted by Crippen LogP contribution is -2.26. The SMILES string of the molecule is CC1(C[C@H]2[C@H](CC#N)C2(C)C)OCCO1. The first-order valence-corrected chi connectivity index (χ1v) is 5.64. The van der Waals surface area contributed by atoms with Gasteiger partial charge in [-0.15, -0.1) is 0 Å². The highest BCUT2D eigenvalue weighted by molar-refractivity contribution is 5.08. The van der Waals surface area contributed by atoms with Crippen molar-refractivity contribution < 1.29 is 9.47 Å². The van der Waals surface area contributed by atoms with Gasteiger partial charge in [-0.05, 0) is 24.2 Å². The molecule has 0 aromatic rings. The third-order valence-corrected chi connectivity index (χ3v) is 4.09. The molecule has 0 spiro atoms. The van der Waals surface area contributed by atoms with E-state index < -0.39 is 5.79 Å². The van der Waals surface area contributed by atoms with Crippen molar-refractivity contribution in [3.63, 3.8) is 0 Å². The van der Waals surface area contributed by atoms with Crippen LogP contribution in [-0.4, -0.2) is 19.0 Å². The number of hydrogen-bond donors (Lipinski definition) is 0. The van der Waals surface area contributed by atoms with Gasteiger partial charge in [0.2, 0.25) is 0 Å². The first kappa shape index (κ1) is 10.9. The molecule has 1 aliphatic carbocycles. The summed E-state index contributed by atoms with van der Waals surface area (Å²) in [4.78, 5) is 0. The van der Waals surface area contributed by atoms with Gasteiger partial charge in [0.1, 0.15) is 0 Å². The van der Waals surface area contributed by atoms with Crippen LogP contribution in [-0.2, 0) is 9.47 Å². The van der Waals surface area contributed by atoms with Gasteiger partial charge in [-0.3, -0.25) is 0 Å². The summed E-state index contributed by atoms with van der Waals surface area (Å²) in [6.45, 7) is 7.88. The summed E-state index contributed by atoms with van der Waals surface area (Å²) in [7, 11) is 0. The quantitative estimate of drug-likeness (QED) is 0.716. The maximum absolute atomic E-state index is 8.74. The normalized spacial score (nSPS) is 36.1. The van der Waals surface area contributed by atoms with Crippen molar-refractivity contribution in [3.8, 4) is 6.07 Å². The molecule has 1 aliphatic heterocycles. The van der Waals surface area contributed by atoms with Crippen LogP contribution in [0.5, 0.6) is 0 Å². The summed E-state index contributed by atoms with van der Waals surface area (Å²) in [6.07, 6.45) is 1.58. The van der Waals surface area contributed by atoms with Gasteiger partial charge in [-0.25, -0.2) is 0 Å². The van der Waals surface area contributed by atoms with Crippen molar-refractivity contribution in [1.29, 1.82) is 5.26 Å². The minimum atomic E-state index is -0.397. The molecule has 0 bridgehead atoms. The van der Waals surface area contributed by atoms with E-state index in [4.69, 9.17) is 14.7 Å². The highest BCUT2D eigenvalue weighted by Gasteiger charge is 2.59. The fraction of sp³-hybridized carbons (Fsp3) is 0.917. The standard InChI is InChI=1S/C12H19NO2/c1-11(2)9(4-5-13)10(11)8-12(3)14-6-7-15-12/h9-10H,4,6-8H2,1-3H3/t9-,10-/m0/s1. The Labute approximate surface area is 91.4 Å². The van der Waals surface area contributed by atoms with E-state index >= 15 is 0 Å². The lowest BCUT2D eigenvalue weighted by Gasteiger charge is -2.22. The molecule has 2 aliphatic rings. The third-order valence-electron chi connectivity index (χ3n) is 4.09. The van der Waals surface area contributed by atoms with Crippen molar-refractivity contribution in [2.45, 2.75) is 39.4 Å². The number of nitriles is 1. The topological polar surface area (TPSA) is 42.2 Å². The number of hydrogen-bond acceptors (Lipinski definition) is 3. The van der Waals surface area contributed by atoms with Crippen molar-refractivity contribution in [1.82, 2.24) is 0 Å². The Kier molecular flexibility index (Phi) is 2.52. The molecule has 2 fully saturated rings. The molecule has 3 nitrogen and oxygen atoms in total. The van der Waals surface area contributed by atoms with E-state index in [1.165, 1.54) is 0 Å². The zero-order chi connectivity index (χ0) is 11.1. The molecule has 1 heterocycles. The van der Waals surface area contributed by atoms with Crippen molar-refractivity contribution in [3.05, 3.63) is 0 Å². The molecule has 0 radical (unpaired) electrons. The van der Waals surface area contributed by atoms with Crippen molar-refractivity contribution >= 4 is 0 Å². The molecule has 2 rings (SSSR count). The Bertz CT molecular complexity index is 286. The highest BCUT2D eigenvalue weighted by atomic mass is 16.7. The summed E-state index contributed by atoms with van der Waals surface area (Å²) in [5, 5.41) is 8.74. The first-order valence-electron chi connectivity index (χ1n) is 5.64. The van der Waals surface area contributed by atoms with Crippen molar-refractivity contribution in [2.75, 3.05) is 13.2 Å². The van der Waals surface area contributed by atoms with Crippen molar-refractivity contribution in [2.24, 2.45) is 17.3 Å². The molecule has 3 heteroatoms. The van der Waals surface area contributed by atoms with Gasteiger partial charge in [-0.2, -0.15) is 5.26 Å². The molecule has 0 aromatic carbocycles. The van der Waals surface area contributed by atoms with E-state index in [1.807, 2.05) is 6.92 Å². The van der Waals surface area contributed by atoms with Crippen LogP contribution < -0.4 is 0 Å². The van der Waals surface area contributed by atoms with Gasteiger partial charge in [0.15, 0.2) is 5.79 Å². The average Bonchev–Trinajstić information content (AvgIpc) is 2.54. The predicted molar refractivity (Wildman–Crippen MR) is 55.9 cm³/mol. The van der Waals surface area contributed by atoms with Gasteiger partial charge in [0, 0.05) is 12.8 Å². The number of nitrogens with zero attached hydrogens (tertiary/aromatic N) is 1. The minimum absolute atomic E-state index is 0.286. The molecule has 0 unspecified atom stereocenters. The van der Waals surface area contributed by atoms with E-state index in [9.17, 15) is 0 Å². The lowest BCUT2D eigenvalue weighted by molar-refractivity contribution is -0.151. The highest BCUT2D eigenvalue weighted by Crippen LogP contribution is 2.63. The van der Waals surface area contributed by atoms with E-state index in [1.54, 1.807) is 0 Å². The first-order chi connectivity index (χ1) is 6.99. The molecule has 15 heavy (non-hydrogen) atoms. The molecule has 0 amide bonds. The molecular formula is C12H19NO2. The number of ether oxygens (including phenoxy) is 2. The molecule has 0 aromatic heterocycles.